The van der Waals surface area contributed by atoms with E-state index in [9.17, 15) is 10.2 Å². The summed E-state index contributed by atoms with van der Waals surface area (Å²) in [5, 5.41) is 39.2. The van der Waals surface area contributed by atoms with Gasteiger partial charge in [-0.25, -0.2) is 9.36 Å². The lowest BCUT2D eigenvalue weighted by atomic mass is 10.0. The standard InChI is InChI=1S/C32H36N6O8/c1-31(2)43-25-19(15-39)41-29(27(25)45-31)37-23(21(33-35-37)17-11-7-5-8-12-17)24-22(18-13-9-6-10-14-18)34-36-38(24)30-28-26(20(16-40)42-30)44-32(3,4)46-28/h5-14,19-20,25-30,39-40H,15-16H2,1-4H3/t19-,20-,25-,26-,27-,28-,29?,30?/m1/s1. The van der Waals surface area contributed by atoms with Gasteiger partial charge in [0.05, 0.1) is 13.2 Å². The Hall–Kier alpha value is -3.60. The summed E-state index contributed by atoms with van der Waals surface area (Å²) in [5.74, 6) is -1.80. The molecule has 2 unspecified atom stereocenters. The van der Waals surface area contributed by atoms with Crippen molar-refractivity contribution in [2.75, 3.05) is 13.2 Å². The van der Waals surface area contributed by atoms with Crippen molar-refractivity contribution in [3.05, 3.63) is 60.7 Å². The highest BCUT2D eigenvalue weighted by Crippen LogP contribution is 2.48. The van der Waals surface area contributed by atoms with E-state index in [1.165, 1.54) is 0 Å². The Morgan fingerprint density at radius 1 is 0.587 bits per heavy atom. The number of aliphatic hydroxyl groups is 2. The molecule has 14 heteroatoms. The molecule has 0 aliphatic carbocycles. The van der Waals surface area contributed by atoms with Gasteiger partial charge in [0.2, 0.25) is 0 Å². The molecule has 2 aromatic carbocycles. The maximum absolute atomic E-state index is 10.2. The van der Waals surface area contributed by atoms with Crippen LogP contribution in [0.25, 0.3) is 33.9 Å². The highest BCUT2D eigenvalue weighted by Gasteiger charge is 2.58. The van der Waals surface area contributed by atoms with E-state index >= 15 is 0 Å². The van der Waals surface area contributed by atoms with Crippen molar-refractivity contribution >= 4 is 0 Å². The molecule has 0 radical (unpaired) electrons. The second-order valence-corrected chi connectivity index (χ2v) is 12.8. The minimum Gasteiger partial charge on any atom is -0.394 e. The SMILES string of the molecule is CC1(C)O[C@@H]2[C@@H](CO)OC(n3nnc(-c4ccccc4)c3-c3c(-c4ccccc4)nnn3C3O[C@H](CO)[C@H]4OC(C)(C)O[C@@H]34)[C@@H]2O1. The number of fused-ring (bicyclic) bond motifs is 2. The summed E-state index contributed by atoms with van der Waals surface area (Å²) < 4.78 is 41.1. The molecule has 4 aliphatic rings. The minimum atomic E-state index is -0.898. The molecule has 6 heterocycles. The number of aliphatic hydroxyl groups excluding tert-OH is 2. The van der Waals surface area contributed by atoms with E-state index in [1.807, 2.05) is 88.4 Å². The minimum absolute atomic E-state index is 0.268. The topological polar surface area (TPSA) is 157 Å². The van der Waals surface area contributed by atoms with Crippen LogP contribution in [-0.2, 0) is 28.4 Å². The van der Waals surface area contributed by atoms with Crippen molar-refractivity contribution in [3.63, 3.8) is 0 Å². The zero-order chi connectivity index (χ0) is 31.8. The number of benzene rings is 2. The van der Waals surface area contributed by atoms with Gasteiger partial charge in [-0.05, 0) is 27.7 Å². The van der Waals surface area contributed by atoms with Crippen LogP contribution in [0.3, 0.4) is 0 Å². The second-order valence-electron chi connectivity index (χ2n) is 12.8. The fraction of sp³-hybridized carbons (Fsp3) is 0.500. The van der Waals surface area contributed by atoms with Crippen LogP contribution in [-0.4, -0.2) is 102 Å². The Balaban J connectivity index is 1.35. The van der Waals surface area contributed by atoms with E-state index in [0.29, 0.717) is 22.8 Å². The molecule has 4 fully saturated rings. The van der Waals surface area contributed by atoms with Gasteiger partial charge >= 0.3 is 0 Å². The van der Waals surface area contributed by atoms with Gasteiger partial charge in [0, 0.05) is 11.1 Å². The van der Waals surface area contributed by atoms with E-state index in [4.69, 9.17) is 28.4 Å². The fourth-order valence-electron chi connectivity index (χ4n) is 6.97. The lowest BCUT2D eigenvalue weighted by Gasteiger charge is -2.26. The summed E-state index contributed by atoms with van der Waals surface area (Å²) in [6.45, 7) is 6.79. The number of rotatable bonds is 7. The molecule has 8 atom stereocenters. The van der Waals surface area contributed by atoms with Gasteiger partial charge in [0.15, 0.2) is 24.0 Å². The van der Waals surface area contributed by atoms with Crippen LogP contribution in [0.2, 0.25) is 0 Å². The normalized spacial score (nSPS) is 32.6. The largest absolute Gasteiger partial charge is 0.394 e. The molecule has 0 spiro atoms. The highest BCUT2D eigenvalue weighted by molar-refractivity contribution is 5.84. The van der Waals surface area contributed by atoms with Crippen molar-refractivity contribution in [1.82, 2.24) is 30.0 Å². The highest BCUT2D eigenvalue weighted by atomic mass is 16.8. The van der Waals surface area contributed by atoms with Gasteiger partial charge in [-0.15, -0.1) is 10.2 Å². The van der Waals surface area contributed by atoms with E-state index in [1.54, 1.807) is 9.36 Å². The Labute approximate surface area is 264 Å². The fourth-order valence-corrected chi connectivity index (χ4v) is 6.97. The van der Waals surface area contributed by atoms with Gasteiger partial charge in [-0.3, -0.25) is 0 Å². The van der Waals surface area contributed by atoms with E-state index in [2.05, 4.69) is 20.6 Å². The number of hydrogen-bond donors (Lipinski definition) is 2. The predicted octanol–water partition coefficient (Wildman–Crippen LogP) is 2.69. The lowest BCUT2D eigenvalue weighted by Crippen LogP contribution is -2.31. The summed E-state index contributed by atoms with van der Waals surface area (Å²) in [6.07, 6.45) is -5.20. The summed E-state index contributed by atoms with van der Waals surface area (Å²) in [4.78, 5) is 0. The summed E-state index contributed by atoms with van der Waals surface area (Å²) in [7, 11) is 0. The lowest BCUT2D eigenvalue weighted by molar-refractivity contribution is -0.202. The van der Waals surface area contributed by atoms with Crippen LogP contribution in [0, 0.1) is 0 Å². The third-order valence-electron chi connectivity index (χ3n) is 8.80. The first-order chi connectivity index (χ1) is 22.2. The molecule has 2 N–H and O–H groups in total. The summed E-state index contributed by atoms with van der Waals surface area (Å²) in [6, 6.07) is 19.3. The van der Waals surface area contributed by atoms with Crippen molar-refractivity contribution in [1.29, 1.82) is 0 Å². The molecule has 4 aromatic rings. The molecular formula is C32H36N6O8. The molecule has 242 valence electrons. The van der Waals surface area contributed by atoms with E-state index in [0.717, 1.165) is 11.1 Å². The molecular weight excluding hydrogens is 596 g/mol. The number of aromatic nitrogens is 6. The zero-order valence-corrected chi connectivity index (χ0v) is 25.8. The molecule has 4 saturated heterocycles. The first-order valence-electron chi connectivity index (χ1n) is 15.4. The smallest absolute Gasteiger partial charge is 0.182 e. The van der Waals surface area contributed by atoms with Crippen molar-refractivity contribution in [3.8, 4) is 33.9 Å². The maximum atomic E-state index is 10.2. The molecule has 4 aliphatic heterocycles. The van der Waals surface area contributed by atoms with Gasteiger partial charge in [0.25, 0.3) is 0 Å². The molecule has 8 rings (SSSR count). The first-order valence-corrected chi connectivity index (χ1v) is 15.4. The quantitative estimate of drug-likeness (QED) is 0.308. The van der Waals surface area contributed by atoms with Gasteiger partial charge < -0.3 is 38.6 Å². The van der Waals surface area contributed by atoms with Crippen LogP contribution < -0.4 is 0 Å². The van der Waals surface area contributed by atoms with Crippen molar-refractivity contribution < 1.29 is 38.6 Å². The third-order valence-corrected chi connectivity index (χ3v) is 8.80. The predicted molar refractivity (Wildman–Crippen MR) is 160 cm³/mol. The van der Waals surface area contributed by atoms with Gasteiger partial charge in [0.1, 0.15) is 59.4 Å². The van der Waals surface area contributed by atoms with Gasteiger partial charge in [-0.2, -0.15) is 0 Å². The summed E-state index contributed by atoms with van der Waals surface area (Å²) >= 11 is 0. The Bertz CT molecular complexity index is 1590. The van der Waals surface area contributed by atoms with Crippen LogP contribution in [0.4, 0.5) is 0 Å². The molecule has 14 nitrogen and oxygen atoms in total. The van der Waals surface area contributed by atoms with Crippen molar-refractivity contribution in [2.24, 2.45) is 0 Å². The third kappa shape index (κ3) is 4.79. The number of nitrogens with zero attached hydrogens (tertiary/aromatic N) is 6. The second kappa shape index (κ2) is 11.0. The van der Waals surface area contributed by atoms with E-state index in [-0.39, 0.29) is 13.2 Å². The Kier molecular flexibility index (Phi) is 7.12. The number of ether oxygens (including phenoxy) is 6. The molecule has 0 bridgehead atoms. The van der Waals surface area contributed by atoms with Crippen molar-refractivity contribution in [2.45, 2.75) is 88.3 Å². The molecule has 46 heavy (non-hydrogen) atoms. The van der Waals surface area contributed by atoms with Crippen LogP contribution in [0.1, 0.15) is 40.2 Å². The van der Waals surface area contributed by atoms with Gasteiger partial charge in [-0.1, -0.05) is 71.1 Å². The summed E-state index contributed by atoms with van der Waals surface area (Å²) in [5.41, 5.74) is 3.77. The zero-order valence-electron chi connectivity index (χ0n) is 25.8. The average molecular weight is 633 g/mol. The van der Waals surface area contributed by atoms with Crippen LogP contribution in [0.15, 0.2) is 60.7 Å². The molecule has 0 saturated carbocycles. The first kappa shape index (κ1) is 29.8. The molecule has 2 aromatic heterocycles. The van der Waals surface area contributed by atoms with Crippen LogP contribution >= 0.6 is 0 Å². The van der Waals surface area contributed by atoms with Crippen LogP contribution in [0.5, 0.6) is 0 Å². The Morgan fingerprint density at radius 2 is 0.957 bits per heavy atom. The monoisotopic (exact) mass is 632 g/mol. The maximum Gasteiger partial charge on any atom is 0.182 e. The number of hydrogen-bond acceptors (Lipinski definition) is 12. The average Bonchev–Trinajstić information content (AvgIpc) is 3.87. The Morgan fingerprint density at radius 3 is 1.33 bits per heavy atom. The van der Waals surface area contributed by atoms with E-state index < -0.39 is 60.7 Å². The molecule has 0 amide bonds.